The molecular formula is C14H18O2. The number of aliphatic hydroxyl groups excluding tert-OH is 1. The molecule has 0 radical (unpaired) electrons. The maximum absolute atomic E-state index is 9.90. The number of benzene rings is 1. The summed E-state index contributed by atoms with van der Waals surface area (Å²) in [6.07, 6.45) is 4.33. The second-order valence-corrected chi connectivity index (χ2v) is 4.29. The van der Waals surface area contributed by atoms with Crippen molar-refractivity contribution in [3.05, 3.63) is 42.0 Å². The summed E-state index contributed by atoms with van der Waals surface area (Å²) in [7, 11) is 0. The molecule has 1 aliphatic rings. The van der Waals surface area contributed by atoms with Crippen LogP contribution in [0.25, 0.3) is 0 Å². The summed E-state index contributed by atoms with van der Waals surface area (Å²) in [5.74, 6) is 0.892. The average molecular weight is 218 g/mol. The highest BCUT2D eigenvalue weighted by molar-refractivity contribution is 5.43. The number of fused-ring (bicyclic) bond motifs is 1. The van der Waals surface area contributed by atoms with Crippen LogP contribution in [0.5, 0.6) is 5.75 Å². The quantitative estimate of drug-likeness (QED) is 0.790. The first-order valence-corrected chi connectivity index (χ1v) is 5.81. The molecule has 2 rings (SSSR count). The minimum absolute atomic E-state index is 0.00516. The zero-order chi connectivity index (χ0) is 11.5. The maximum Gasteiger partial charge on any atom is 0.123 e. The van der Waals surface area contributed by atoms with Crippen molar-refractivity contribution in [3.63, 3.8) is 0 Å². The summed E-state index contributed by atoms with van der Waals surface area (Å²) in [6, 6.07) is 5.90. The zero-order valence-corrected chi connectivity index (χ0v) is 9.65. The van der Waals surface area contributed by atoms with E-state index < -0.39 is 0 Å². The van der Waals surface area contributed by atoms with Crippen LogP contribution in [0.15, 0.2) is 30.9 Å². The van der Waals surface area contributed by atoms with Crippen molar-refractivity contribution >= 4 is 0 Å². The minimum atomic E-state index is -0.327. The van der Waals surface area contributed by atoms with Gasteiger partial charge < -0.3 is 9.84 Å². The Balaban J connectivity index is 2.32. The molecule has 0 saturated carbocycles. The molecular weight excluding hydrogens is 200 g/mol. The van der Waals surface area contributed by atoms with Gasteiger partial charge in [0, 0.05) is 0 Å². The van der Waals surface area contributed by atoms with Gasteiger partial charge in [-0.15, -0.1) is 0 Å². The molecule has 2 nitrogen and oxygen atoms in total. The van der Waals surface area contributed by atoms with Gasteiger partial charge >= 0.3 is 0 Å². The van der Waals surface area contributed by atoms with Crippen LogP contribution in [0.3, 0.4) is 0 Å². The van der Waals surface area contributed by atoms with E-state index in [1.54, 1.807) is 6.08 Å². The van der Waals surface area contributed by atoms with Crippen molar-refractivity contribution in [3.8, 4) is 5.75 Å². The van der Waals surface area contributed by atoms with Gasteiger partial charge in [0.1, 0.15) is 11.9 Å². The Labute approximate surface area is 96.6 Å². The van der Waals surface area contributed by atoms with Crippen molar-refractivity contribution in [1.29, 1.82) is 0 Å². The first-order valence-electron chi connectivity index (χ1n) is 5.81. The third-order valence-corrected chi connectivity index (χ3v) is 3.08. The van der Waals surface area contributed by atoms with Gasteiger partial charge in [-0.2, -0.15) is 0 Å². The molecule has 0 spiro atoms. The van der Waals surface area contributed by atoms with Gasteiger partial charge in [-0.25, -0.2) is 0 Å². The number of hydrogen-bond donors (Lipinski definition) is 1. The van der Waals surface area contributed by atoms with Crippen LogP contribution in [0.1, 0.15) is 37.0 Å². The SMILES string of the molecule is C=CC(C)Oc1cccc2c1CCCC2O. The number of aliphatic hydroxyl groups is 1. The Hall–Kier alpha value is -1.28. The number of hydrogen-bond acceptors (Lipinski definition) is 2. The van der Waals surface area contributed by atoms with E-state index in [9.17, 15) is 5.11 Å². The van der Waals surface area contributed by atoms with Crippen LogP contribution in [-0.2, 0) is 6.42 Å². The standard InChI is InChI=1S/C14H18O2/c1-3-10(2)16-14-9-5-6-11-12(14)7-4-8-13(11)15/h3,5-6,9-10,13,15H,1,4,7-8H2,2H3. The third-order valence-electron chi connectivity index (χ3n) is 3.08. The molecule has 0 aromatic heterocycles. The smallest absolute Gasteiger partial charge is 0.123 e. The van der Waals surface area contributed by atoms with Crippen LogP contribution >= 0.6 is 0 Å². The lowest BCUT2D eigenvalue weighted by atomic mass is 9.89. The van der Waals surface area contributed by atoms with E-state index in [0.717, 1.165) is 36.1 Å². The molecule has 0 aliphatic heterocycles. The Morgan fingerprint density at radius 2 is 2.38 bits per heavy atom. The second kappa shape index (κ2) is 4.71. The predicted octanol–water partition coefficient (Wildman–Crippen LogP) is 3.01. The Kier molecular flexibility index (Phi) is 3.30. The Morgan fingerprint density at radius 3 is 3.12 bits per heavy atom. The van der Waals surface area contributed by atoms with E-state index in [4.69, 9.17) is 4.74 Å². The Bertz CT molecular complexity index is 384. The molecule has 0 bridgehead atoms. The molecule has 2 heteroatoms. The van der Waals surface area contributed by atoms with Crippen LogP contribution in [0.2, 0.25) is 0 Å². The first-order chi connectivity index (χ1) is 7.72. The normalized spacial score (nSPS) is 21.0. The Morgan fingerprint density at radius 1 is 1.56 bits per heavy atom. The van der Waals surface area contributed by atoms with E-state index in [1.165, 1.54) is 0 Å². The van der Waals surface area contributed by atoms with Crippen LogP contribution in [-0.4, -0.2) is 11.2 Å². The lowest BCUT2D eigenvalue weighted by Crippen LogP contribution is -2.14. The lowest BCUT2D eigenvalue weighted by Gasteiger charge is -2.24. The summed E-state index contributed by atoms with van der Waals surface area (Å²) >= 11 is 0. The van der Waals surface area contributed by atoms with E-state index in [-0.39, 0.29) is 12.2 Å². The number of rotatable bonds is 3. The molecule has 1 N–H and O–H groups in total. The molecule has 0 amide bonds. The van der Waals surface area contributed by atoms with Gasteiger partial charge in [-0.1, -0.05) is 24.8 Å². The molecule has 0 saturated heterocycles. The first kappa shape index (κ1) is 11.2. The highest BCUT2D eigenvalue weighted by Gasteiger charge is 2.21. The van der Waals surface area contributed by atoms with E-state index in [2.05, 4.69) is 6.58 Å². The van der Waals surface area contributed by atoms with E-state index >= 15 is 0 Å². The van der Waals surface area contributed by atoms with Crippen LogP contribution in [0, 0.1) is 0 Å². The molecule has 1 aliphatic carbocycles. The van der Waals surface area contributed by atoms with E-state index in [0.29, 0.717) is 0 Å². The van der Waals surface area contributed by atoms with Crippen molar-refractivity contribution in [2.45, 2.75) is 38.4 Å². The second-order valence-electron chi connectivity index (χ2n) is 4.29. The van der Waals surface area contributed by atoms with Gasteiger partial charge in [0.15, 0.2) is 0 Å². The molecule has 0 heterocycles. The summed E-state index contributed by atoms with van der Waals surface area (Å²) in [5, 5.41) is 9.90. The van der Waals surface area contributed by atoms with Gasteiger partial charge in [-0.05, 0) is 43.4 Å². The molecule has 0 fully saturated rings. The van der Waals surface area contributed by atoms with Gasteiger partial charge in [0.25, 0.3) is 0 Å². The highest BCUT2D eigenvalue weighted by atomic mass is 16.5. The molecule has 1 aromatic rings. The van der Waals surface area contributed by atoms with Crippen LogP contribution in [0.4, 0.5) is 0 Å². The van der Waals surface area contributed by atoms with Crippen molar-refractivity contribution in [2.24, 2.45) is 0 Å². The molecule has 1 aromatic carbocycles. The summed E-state index contributed by atoms with van der Waals surface area (Å²) in [6.45, 7) is 5.67. The molecule has 16 heavy (non-hydrogen) atoms. The lowest BCUT2D eigenvalue weighted by molar-refractivity contribution is 0.154. The third kappa shape index (κ3) is 2.12. The average Bonchev–Trinajstić information content (AvgIpc) is 2.30. The van der Waals surface area contributed by atoms with Gasteiger partial charge in [0.2, 0.25) is 0 Å². The summed E-state index contributed by atoms with van der Waals surface area (Å²) in [5.41, 5.74) is 2.19. The molecule has 2 unspecified atom stereocenters. The fourth-order valence-electron chi connectivity index (χ4n) is 2.15. The van der Waals surface area contributed by atoms with Crippen LogP contribution < -0.4 is 4.74 Å². The summed E-state index contributed by atoms with van der Waals surface area (Å²) < 4.78 is 5.78. The molecule has 2 atom stereocenters. The van der Waals surface area contributed by atoms with E-state index in [1.807, 2.05) is 25.1 Å². The van der Waals surface area contributed by atoms with Gasteiger partial charge in [0.05, 0.1) is 6.10 Å². The molecule has 86 valence electrons. The van der Waals surface area contributed by atoms with Crippen molar-refractivity contribution < 1.29 is 9.84 Å². The minimum Gasteiger partial charge on any atom is -0.486 e. The maximum atomic E-state index is 9.90. The topological polar surface area (TPSA) is 29.5 Å². The fourth-order valence-corrected chi connectivity index (χ4v) is 2.15. The largest absolute Gasteiger partial charge is 0.486 e. The predicted molar refractivity (Wildman–Crippen MR) is 64.6 cm³/mol. The van der Waals surface area contributed by atoms with Gasteiger partial charge in [-0.3, -0.25) is 0 Å². The number of ether oxygens (including phenoxy) is 1. The highest BCUT2D eigenvalue weighted by Crippen LogP contribution is 2.35. The van der Waals surface area contributed by atoms with Crippen molar-refractivity contribution in [1.82, 2.24) is 0 Å². The fraction of sp³-hybridized carbons (Fsp3) is 0.429. The van der Waals surface area contributed by atoms with Crippen molar-refractivity contribution in [2.75, 3.05) is 0 Å². The monoisotopic (exact) mass is 218 g/mol. The summed E-state index contributed by atoms with van der Waals surface area (Å²) in [4.78, 5) is 0. The zero-order valence-electron chi connectivity index (χ0n) is 9.65.